The Morgan fingerprint density at radius 2 is 1.93 bits per heavy atom. The van der Waals surface area contributed by atoms with E-state index in [0.717, 1.165) is 16.8 Å². The molecular formula is C21H23ClN6O2. The maximum atomic E-state index is 13.0. The van der Waals surface area contributed by atoms with Crippen molar-refractivity contribution in [2.24, 2.45) is 13.0 Å². The predicted molar refractivity (Wildman–Crippen MR) is 112 cm³/mol. The molecule has 3 aromatic rings. The third kappa shape index (κ3) is 4.09. The van der Waals surface area contributed by atoms with E-state index in [1.807, 2.05) is 31.6 Å². The monoisotopic (exact) mass is 426 g/mol. The van der Waals surface area contributed by atoms with Crippen molar-refractivity contribution in [2.45, 2.75) is 25.4 Å². The van der Waals surface area contributed by atoms with Crippen molar-refractivity contribution in [1.29, 1.82) is 0 Å². The molecule has 30 heavy (non-hydrogen) atoms. The van der Waals surface area contributed by atoms with E-state index in [1.54, 1.807) is 45.8 Å². The lowest BCUT2D eigenvalue weighted by atomic mass is 9.85. The van der Waals surface area contributed by atoms with Crippen LogP contribution < -0.4 is 5.32 Å². The second kappa shape index (κ2) is 8.31. The van der Waals surface area contributed by atoms with Gasteiger partial charge in [-0.3, -0.25) is 14.3 Å². The molecule has 0 spiro atoms. The van der Waals surface area contributed by atoms with Gasteiger partial charge in [-0.2, -0.15) is 10.2 Å². The number of aromatic nitrogens is 4. The first-order chi connectivity index (χ1) is 14.4. The van der Waals surface area contributed by atoms with E-state index in [-0.39, 0.29) is 23.8 Å². The lowest BCUT2D eigenvalue weighted by Crippen LogP contribution is -2.46. The zero-order valence-electron chi connectivity index (χ0n) is 16.8. The van der Waals surface area contributed by atoms with E-state index in [4.69, 9.17) is 11.6 Å². The Balaban J connectivity index is 1.45. The summed E-state index contributed by atoms with van der Waals surface area (Å²) in [7, 11) is 3.57. The minimum absolute atomic E-state index is 0.0390. The molecule has 2 aromatic heterocycles. The van der Waals surface area contributed by atoms with Crippen LogP contribution in [0.2, 0.25) is 5.02 Å². The molecule has 1 saturated heterocycles. The first kappa shape index (κ1) is 20.2. The van der Waals surface area contributed by atoms with E-state index in [2.05, 4.69) is 15.5 Å². The number of amides is 2. The number of benzene rings is 1. The van der Waals surface area contributed by atoms with Crippen LogP contribution in [0.1, 0.15) is 30.0 Å². The topological polar surface area (TPSA) is 85.1 Å². The lowest BCUT2D eigenvalue weighted by molar-refractivity contribution is -0.141. The molecule has 156 valence electrons. The number of hydrogen-bond donors (Lipinski definition) is 1. The number of piperidine rings is 1. The minimum atomic E-state index is -0.330. The largest absolute Gasteiger partial charge is 0.352 e. The van der Waals surface area contributed by atoms with Gasteiger partial charge in [0.2, 0.25) is 11.8 Å². The van der Waals surface area contributed by atoms with Crippen LogP contribution in [-0.4, -0.2) is 43.3 Å². The third-order valence-electron chi connectivity index (χ3n) is 5.46. The second-order valence-corrected chi connectivity index (χ2v) is 7.97. The smallest absolute Gasteiger partial charge is 0.225 e. The van der Waals surface area contributed by atoms with Crippen LogP contribution in [0.3, 0.4) is 0 Å². The fourth-order valence-electron chi connectivity index (χ4n) is 3.87. The summed E-state index contributed by atoms with van der Waals surface area (Å²) in [6, 6.07) is 7.05. The van der Waals surface area contributed by atoms with Crippen molar-refractivity contribution in [3.05, 3.63) is 65.2 Å². The van der Waals surface area contributed by atoms with Gasteiger partial charge in [0.1, 0.15) is 0 Å². The average molecular weight is 427 g/mol. The van der Waals surface area contributed by atoms with Crippen LogP contribution in [0.4, 0.5) is 0 Å². The summed E-state index contributed by atoms with van der Waals surface area (Å²) in [5, 5.41) is 12.2. The molecule has 1 aliphatic heterocycles. The number of halogens is 1. The minimum Gasteiger partial charge on any atom is -0.352 e. The summed E-state index contributed by atoms with van der Waals surface area (Å²) < 4.78 is 3.42. The molecule has 4 rings (SSSR count). The number of rotatable bonds is 5. The van der Waals surface area contributed by atoms with E-state index in [9.17, 15) is 9.59 Å². The van der Waals surface area contributed by atoms with Crippen LogP contribution in [0.25, 0.3) is 5.69 Å². The molecule has 0 bridgehead atoms. The van der Waals surface area contributed by atoms with Crippen molar-refractivity contribution in [3.8, 4) is 5.69 Å². The molecule has 8 nitrogen and oxygen atoms in total. The fourth-order valence-corrected chi connectivity index (χ4v) is 3.99. The third-order valence-corrected chi connectivity index (χ3v) is 5.71. The molecule has 1 fully saturated rings. The van der Waals surface area contributed by atoms with Gasteiger partial charge in [-0.25, -0.2) is 4.68 Å². The van der Waals surface area contributed by atoms with Crippen LogP contribution >= 0.6 is 11.6 Å². The van der Waals surface area contributed by atoms with Gasteiger partial charge in [-0.15, -0.1) is 0 Å². The summed E-state index contributed by atoms with van der Waals surface area (Å²) in [5.74, 6) is -0.372. The number of carbonyl (C=O) groups excluding carboxylic acids is 2. The van der Waals surface area contributed by atoms with Gasteiger partial charge in [-0.05, 0) is 30.7 Å². The summed E-state index contributed by atoms with van der Waals surface area (Å²) in [6.07, 6.45) is 8.05. The van der Waals surface area contributed by atoms with Crippen molar-refractivity contribution in [1.82, 2.24) is 29.8 Å². The number of nitrogens with one attached hydrogen (secondary N) is 1. The Bertz CT molecular complexity index is 1060. The quantitative estimate of drug-likeness (QED) is 0.679. The van der Waals surface area contributed by atoms with Crippen molar-refractivity contribution < 1.29 is 9.59 Å². The Kier molecular flexibility index (Phi) is 5.59. The van der Waals surface area contributed by atoms with Crippen molar-refractivity contribution in [2.75, 3.05) is 7.05 Å². The average Bonchev–Trinajstić information content (AvgIpc) is 3.38. The summed E-state index contributed by atoms with van der Waals surface area (Å²) in [5.41, 5.74) is 2.64. The van der Waals surface area contributed by atoms with Gasteiger partial charge >= 0.3 is 0 Å². The molecule has 3 heterocycles. The normalized spacial score (nSPS) is 19.2. The predicted octanol–water partition coefficient (Wildman–Crippen LogP) is 2.49. The van der Waals surface area contributed by atoms with Crippen molar-refractivity contribution >= 4 is 23.4 Å². The maximum Gasteiger partial charge on any atom is 0.225 e. The summed E-state index contributed by atoms with van der Waals surface area (Å²) in [4.78, 5) is 26.9. The van der Waals surface area contributed by atoms with Crippen LogP contribution in [0, 0.1) is 5.92 Å². The molecule has 0 saturated carbocycles. The lowest BCUT2D eigenvalue weighted by Gasteiger charge is -2.37. The number of likely N-dealkylation sites (tertiary alicyclic amines) is 1. The number of hydrogen-bond acceptors (Lipinski definition) is 4. The Hall–Kier alpha value is -3.13. The first-order valence-electron chi connectivity index (χ1n) is 9.74. The molecule has 0 aliphatic carbocycles. The van der Waals surface area contributed by atoms with E-state index >= 15 is 0 Å². The number of carbonyl (C=O) groups is 2. The zero-order valence-corrected chi connectivity index (χ0v) is 17.6. The van der Waals surface area contributed by atoms with Gasteiger partial charge in [-0.1, -0.05) is 11.6 Å². The van der Waals surface area contributed by atoms with Gasteiger partial charge in [0, 0.05) is 55.6 Å². The molecule has 1 N–H and O–H groups in total. The van der Waals surface area contributed by atoms with Gasteiger partial charge in [0.25, 0.3) is 0 Å². The summed E-state index contributed by atoms with van der Waals surface area (Å²) in [6.45, 7) is 0.361. The van der Waals surface area contributed by atoms with Gasteiger partial charge in [0.15, 0.2) is 0 Å². The highest BCUT2D eigenvalue weighted by atomic mass is 35.5. The summed E-state index contributed by atoms with van der Waals surface area (Å²) >= 11 is 5.93. The molecular weight excluding hydrogens is 404 g/mol. The van der Waals surface area contributed by atoms with Crippen molar-refractivity contribution in [3.63, 3.8) is 0 Å². The van der Waals surface area contributed by atoms with E-state index < -0.39 is 0 Å². The SMILES string of the molecule is CN1C(=O)CCC(C(=O)NCc2cnn(-c3ccc(Cl)cc3)c2)C1c1cnn(C)c1. The van der Waals surface area contributed by atoms with Gasteiger partial charge in [0.05, 0.1) is 30.0 Å². The molecule has 0 radical (unpaired) electrons. The molecule has 2 unspecified atom stereocenters. The molecule has 2 amide bonds. The van der Waals surface area contributed by atoms with E-state index in [1.165, 1.54) is 0 Å². The highest BCUT2D eigenvalue weighted by molar-refractivity contribution is 6.30. The Labute approximate surface area is 179 Å². The van der Waals surface area contributed by atoms with Crippen LogP contribution in [-0.2, 0) is 23.2 Å². The van der Waals surface area contributed by atoms with E-state index in [0.29, 0.717) is 24.4 Å². The molecule has 1 aromatic carbocycles. The first-order valence-corrected chi connectivity index (χ1v) is 10.1. The molecule has 9 heteroatoms. The standard InChI is InChI=1S/C21H23ClN6O2/c1-26-13-15(11-24-26)20-18(7-8-19(29)27(20)2)21(30)23-9-14-10-25-28(12-14)17-5-3-16(22)4-6-17/h3-6,10-13,18,20H,7-9H2,1-2H3,(H,23,30). The molecule has 2 atom stereocenters. The number of nitrogens with zero attached hydrogens (tertiary/aromatic N) is 5. The van der Waals surface area contributed by atoms with Gasteiger partial charge < -0.3 is 10.2 Å². The Morgan fingerprint density at radius 1 is 1.17 bits per heavy atom. The zero-order chi connectivity index (χ0) is 21.3. The molecule has 1 aliphatic rings. The number of aryl methyl sites for hydroxylation is 1. The highest BCUT2D eigenvalue weighted by Crippen LogP contribution is 2.35. The highest BCUT2D eigenvalue weighted by Gasteiger charge is 2.39. The second-order valence-electron chi connectivity index (χ2n) is 7.53. The Morgan fingerprint density at radius 3 is 2.63 bits per heavy atom. The fraction of sp³-hybridized carbons (Fsp3) is 0.333. The van der Waals surface area contributed by atoms with Crippen LogP contribution in [0.5, 0.6) is 0 Å². The maximum absolute atomic E-state index is 13.0. The van der Waals surface area contributed by atoms with Crippen LogP contribution in [0.15, 0.2) is 49.1 Å².